The molecule has 0 bridgehead atoms. The molecular formula is C16H21NO2. The Labute approximate surface area is 114 Å². The number of furan rings is 1. The monoisotopic (exact) mass is 259 g/mol. The number of benzene rings is 1. The Bertz CT molecular complexity index is 561. The Balaban J connectivity index is 2.18. The van der Waals surface area contributed by atoms with Crippen molar-refractivity contribution in [2.24, 2.45) is 0 Å². The SMILES string of the molecule is CC(C)N(CC(=O)c1ccc2occc2c1)C(C)C. The predicted molar refractivity (Wildman–Crippen MR) is 77.5 cm³/mol. The highest BCUT2D eigenvalue weighted by molar-refractivity contribution is 6.00. The van der Waals surface area contributed by atoms with Crippen LogP contribution in [0.5, 0.6) is 0 Å². The van der Waals surface area contributed by atoms with Crippen LogP contribution in [-0.2, 0) is 0 Å². The number of carbonyl (C=O) groups excluding carboxylic acids is 1. The molecule has 102 valence electrons. The van der Waals surface area contributed by atoms with Crippen LogP contribution in [0.2, 0.25) is 0 Å². The van der Waals surface area contributed by atoms with Crippen LogP contribution in [0.4, 0.5) is 0 Å². The molecule has 0 aliphatic carbocycles. The number of hydrogen-bond acceptors (Lipinski definition) is 3. The number of ketones is 1. The molecule has 0 aliphatic heterocycles. The molecule has 2 rings (SSSR count). The van der Waals surface area contributed by atoms with Gasteiger partial charge in [-0.1, -0.05) is 0 Å². The maximum absolute atomic E-state index is 12.4. The summed E-state index contributed by atoms with van der Waals surface area (Å²) in [6.45, 7) is 8.93. The molecule has 0 atom stereocenters. The Hall–Kier alpha value is -1.61. The molecule has 0 radical (unpaired) electrons. The number of hydrogen-bond donors (Lipinski definition) is 0. The highest BCUT2D eigenvalue weighted by atomic mass is 16.3. The van der Waals surface area contributed by atoms with E-state index in [0.29, 0.717) is 18.6 Å². The van der Waals surface area contributed by atoms with E-state index < -0.39 is 0 Å². The minimum Gasteiger partial charge on any atom is -0.464 e. The van der Waals surface area contributed by atoms with E-state index in [-0.39, 0.29) is 5.78 Å². The van der Waals surface area contributed by atoms with Gasteiger partial charge in [-0.25, -0.2) is 0 Å². The zero-order chi connectivity index (χ0) is 14.0. The molecule has 1 aromatic heterocycles. The third kappa shape index (κ3) is 3.04. The molecule has 19 heavy (non-hydrogen) atoms. The first-order valence-corrected chi connectivity index (χ1v) is 6.75. The van der Waals surface area contributed by atoms with E-state index in [1.165, 1.54) is 0 Å². The van der Waals surface area contributed by atoms with Gasteiger partial charge in [-0.3, -0.25) is 9.69 Å². The summed E-state index contributed by atoms with van der Waals surface area (Å²) in [4.78, 5) is 14.6. The molecule has 1 aromatic carbocycles. The van der Waals surface area contributed by atoms with E-state index in [0.717, 1.165) is 16.5 Å². The van der Waals surface area contributed by atoms with Crippen LogP contribution in [0.3, 0.4) is 0 Å². The average Bonchev–Trinajstić information content (AvgIpc) is 2.81. The van der Waals surface area contributed by atoms with Crippen LogP contribution in [0.25, 0.3) is 11.0 Å². The summed E-state index contributed by atoms with van der Waals surface area (Å²) < 4.78 is 5.29. The lowest BCUT2D eigenvalue weighted by atomic mass is 10.1. The van der Waals surface area contributed by atoms with Crippen molar-refractivity contribution >= 4 is 16.8 Å². The Kier molecular flexibility index (Phi) is 4.05. The molecular weight excluding hydrogens is 238 g/mol. The molecule has 0 N–H and O–H groups in total. The maximum atomic E-state index is 12.4. The molecule has 0 unspecified atom stereocenters. The van der Waals surface area contributed by atoms with Crippen molar-refractivity contribution < 1.29 is 9.21 Å². The fourth-order valence-corrected chi connectivity index (χ4v) is 2.36. The summed E-state index contributed by atoms with van der Waals surface area (Å²) in [6, 6.07) is 8.21. The summed E-state index contributed by atoms with van der Waals surface area (Å²) in [5.41, 5.74) is 1.57. The summed E-state index contributed by atoms with van der Waals surface area (Å²) in [5.74, 6) is 0.158. The second kappa shape index (κ2) is 5.57. The first-order chi connectivity index (χ1) is 8.99. The normalized spacial score (nSPS) is 11.9. The van der Waals surface area contributed by atoms with Gasteiger partial charge in [-0.15, -0.1) is 0 Å². The molecule has 1 heterocycles. The van der Waals surface area contributed by atoms with Crippen LogP contribution in [0, 0.1) is 0 Å². The van der Waals surface area contributed by atoms with Crippen LogP contribution in [0.1, 0.15) is 38.1 Å². The summed E-state index contributed by atoms with van der Waals surface area (Å²) in [6.07, 6.45) is 1.65. The van der Waals surface area contributed by atoms with E-state index >= 15 is 0 Å². The minimum atomic E-state index is 0.158. The lowest BCUT2D eigenvalue weighted by Crippen LogP contribution is -2.40. The molecule has 0 amide bonds. The highest BCUT2D eigenvalue weighted by Crippen LogP contribution is 2.18. The van der Waals surface area contributed by atoms with Gasteiger partial charge in [-0.05, 0) is 52.0 Å². The Morgan fingerprint density at radius 3 is 2.47 bits per heavy atom. The van der Waals surface area contributed by atoms with E-state index in [1.807, 2.05) is 24.3 Å². The van der Waals surface area contributed by atoms with E-state index in [4.69, 9.17) is 4.42 Å². The van der Waals surface area contributed by atoms with E-state index in [2.05, 4.69) is 32.6 Å². The molecule has 0 fully saturated rings. The second-order valence-corrected chi connectivity index (χ2v) is 5.46. The van der Waals surface area contributed by atoms with Crippen LogP contribution >= 0.6 is 0 Å². The van der Waals surface area contributed by atoms with Gasteiger partial charge < -0.3 is 4.42 Å². The number of carbonyl (C=O) groups is 1. The zero-order valence-electron chi connectivity index (χ0n) is 12.0. The van der Waals surface area contributed by atoms with Gasteiger partial charge in [-0.2, -0.15) is 0 Å². The standard InChI is InChI=1S/C16H21NO2/c1-11(2)17(12(3)4)10-15(18)13-5-6-16-14(9-13)7-8-19-16/h5-9,11-12H,10H2,1-4H3. The van der Waals surface area contributed by atoms with Crippen molar-refractivity contribution in [3.63, 3.8) is 0 Å². The first kappa shape index (κ1) is 13.8. The Morgan fingerprint density at radius 1 is 1.16 bits per heavy atom. The fraction of sp³-hybridized carbons (Fsp3) is 0.438. The number of fused-ring (bicyclic) bond motifs is 1. The van der Waals surface area contributed by atoms with Gasteiger partial charge in [0.25, 0.3) is 0 Å². The van der Waals surface area contributed by atoms with E-state index in [9.17, 15) is 4.79 Å². The van der Waals surface area contributed by atoms with Crippen molar-refractivity contribution in [2.75, 3.05) is 6.54 Å². The van der Waals surface area contributed by atoms with Gasteiger partial charge >= 0.3 is 0 Å². The number of Topliss-reactive ketones (excluding diaryl/α,β-unsaturated/α-hetero) is 1. The number of rotatable bonds is 5. The molecule has 0 saturated carbocycles. The summed E-state index contributed by atoms with van der Waals surface area (Å²) in [5, 5.41) is 0.978. The summed E-state index contributed by atoms with van der Waals surface area (Å²) in [7, 11) is 0. The van der Waals surface area contributed by atoms with Gasteiger partial charge in [0.05, 0.1) is 12.8 Å². The van der Waals surface area contributed by atoms with Crippen molar-refractivity contribution in [3.05, 3.63) is 36.1 Å². The second-order valence-electron chi connectivity index (χ2n) is 5.46. The van der Waals surface area contributed by atoms with Crippen LogP contribution in [0.15, 0.2) is 34.9 Å². The average molecular weight is 259 g/mol. The lowest BCUT2D eigenvalue weighted by Gasteiger charge is -2.29. The highest BCUT2D eigenvalue weighted by Gasteiger charge is 2.18. The van der Waals surface area contributed by atoms with Crippen LogP contribution in [-0.4, -0.2) is 29.3 Å². The van der Waals surface area contributed by atoms with Gasteiger partial charge in [0, 0.05) is 23.0 Å². The lowest BCUT2D eigenvalue weighted by molar-refractivity contribution is 0.0867. The van der Waals surface area contributed by atoms with Crippen molar-refractivity contribution in [2.45, 2.75) is 39.8 Å². The van der Waals surface area contributed by atoms with Gasteiger partial charge in [0.1, 0.15) is 5.58 Å². The minimum absolute atomic E-state index is 0.158. The fourth-order valence-electron chi connectivity index (χ4n) is 2.36. The van der Waals surface area contributed by atoms with Gasteiger partial charge in [0.2, 0.25) is 0 Å². The molecule has 0 saturated heterocycles. The smallest absolute Gasteiger partial charge is 0.176 e. The summed E-state index contributed by atoms with van der Waals surface area (Å²) >= 11 is 0. The number of nitrogens with zero attached hydrogens (tertiary/aromatic N) is 1. The molecule has 0 spiro atoms. The van der Waals surface area contributed by atoms with Crippen molar-refractivity contribution in [1.82, 2.24) is 4.90 Å². The van der Waals surface area contributed by atoms with Crippen LogP contribution < -0.4 is 0 Å². The largest absolute Gasteiger partial charge is 0.464 e. The predicted octanol–water partition coefficient (Wildman–Crippen LogP) is 3.73. The molecule has 3 nitrogen and oxygen atoms in total. The molecule has 2 aromatic rings. The first-order valence-electron chi connectivity index (χ1n) is 6.75. The topological polar surface area (TPSA) is 33.5 Å². The van der Waals surface area contributed by atoms with Gasteiger partial charge in [0.15, 0.2) is 5.78 Å². The molecule has 0 aliphatic rings. The molecule has 3 heteroatoms. The van der Waals surface area contributed by atoms with Crippen molar-refractivity contribution in [3.8, 4) is 0 Å². The third-order valence-corrected chi connectivity index (χ3v) is 3.43. The quantitative estimate of drug-likeness (QED) is 0.767. The Morgan fingerprint density at radius 2 is 1.84 bits per heavy atom. The zero-order valence-corrected chi connectivity index (χ0v) is 12.0. The maximum Gasteiger partial charge on any atom is 0.176 e. The van der Waals surface area contributed by atoms with E-state index in [1.54, 1.807) is 6.26 Å². The third-order valence-electron chi connectivity index (χ3n) is 3.43. The van der Waals surface area contributed by atoms with Crippen molar-refractivity contribution in [1.29, 1.82) is 0 Å².